The van der Waals surface area contributed by atoms with Gasteiger partial charge in [-0.15, -0.1) is 6.58 Å². The van der Waals surface area contributed by atoms with E-state index < -0.39 is 0 Å². The molecule has 0 radical (unpaired) electrons. The minimum atomic E-state index is -0.112. The molecule has 1 aromatic carbocycles. The fraction of sp³-hybridized carbons (Fsp3) is 0.550. The average Bonchev–Trinajstić information content (AvgIpc) is 2.59. The molecule has 0 N–H and O–H groups in total. The van der Waals surface area contributed by atoms with Crippen LogP contribution in [-0.4, -0.2) is 48.9 Å². The molecule has 1 aliphatic heterocycles. The van der Waals surface area contributed by atoms with Crippen LogP contribution in [0.4, 0.5) is 4.39 Å². The molecule has 0 unspecified atom stereocenters. The molecule has 1 amide bonds. The molecule has 0 aliphatic carbocycles. The zero-order valence-electron chi connectivity index (χ0n) is 14.7. The number of hydrogen-bond donors (Lipinski definition) is 0. The van der Waals surface area contributed by atoms with E-state index in [-0.39, 0.29) is 11.7 Å². The molecule has 1 aromatic rings. The van der Waals surface area contributed by atoms with Crippen molar-refractivity contribution in [1.29, 1.82) is 0 Å². The van der Waals surface area contributed by atoms with Crippen molar-refractivity contribution >= 4 is 5.91 Å². The third-order valence-electron chi connectivity index (χ3n) is 4.78. The summed E-state index contributed by atoms with van der Waals surface area (Å²) in [5.74, 6) is 0.592. The summed E-state index contributed by atoms with van der Waals surface area (Å²) in [6.07, 6.45) is 6.13. The van der Waals surface area contributed by atoms with E-state index in [9.17, 15) is 9.18 Å². The summed E-state index contributed by atoms with van der Waals surface area (Å²) >= 11 is 0. The van der Waals surface area contributed by atoms with Crippen LogP contribution in [0.1, 0.15) is 31.2 Å². The number of carbonyl (C=O) groups is 1. The van der Waals surface area contributed by atoms with Crippen molar-refractivity contribution < 1.29 is 9.18 Å². The summed E-state index contributed by atoms with van der Waals surface area (Å²) in [5.41, 5.74) is 0.788. The first-order chi connectivity index (χ1) is 11.6. The Balaban J connectivity index is 1.78. The van der Waals surface area contributed by atoms with Gasteiger partial charge in [0.15, 0.2) is 0 Å². The summed E-state index contributed by atoms with van der Waals surface area (Å²) in [6.45, 7) is 7.42. The highest BCUT2D eigenvalue weighted by Gasteiger charge is 2.22. The molecule has 0 saturated carbocycles. The van der Waals surface area contributed by atoms with Crippen molar-refractivity contribution in [2.45, 2.75) is 32.1 Å². The molecule has 4 heteroatoms. The predicted octanol–water partition coefficient (Wildman–Crippen LogP) is 3.50. The maximum absolute atomic E-state index is 13.7. The Morgan fingerprint density at radius 2 is 2.25 bits per heavy atom. The van der Waals surface area contributed by atoms with Crippen LogP contribution in [0.3, 0.4) is 0 Å². The highest BCUT2D eigenvalue weighted by Crippen LogP contribution is 2.18. The molecular weight excluding hydrogens is 303 g/mol. The van der Waals surface area contributed by atoms with Gasteiger partial charge >= 0.3 is 0 Å². The quantitative estimate of drug-likeness (QED) is 0.680. The summed E-state index contributed by atoms with van der Waals surface area (Å²) < 4.78 is 13.7. The second-order valence-electron chi connectivity index (χ2n) is 6.75. The summed E-state index contributed by atoms with van der Waals surface area (Å²) in [6, 6.07) is 7.01. The molecular formula is C20H29FN2O. The first-order valence-electron chi connectivity index (χ1n) is 8.90. The second-order valence-corrected chi connectivity index (χ2v) is 6.75. The number of piperidine rings is 1. The van der Waals surface area contributed by atoms with Gasteiger partial charge in [0.1, 0.15) is 5.82 Å². The lowest BCUT2D eigenvalue weighted by Gasteiger charge is -2.34. The number of allylic oxidation sites excluding steroid dienone is 1. The number of nitrogens with zero attached hydrogens (tertiary/aromatic N) is 2. The van der Waals surface area contributed by atoms with Crippen molar-refractivity contribution in [3.05, 3.63) is 48.3 Å². The first kappa shape index (κ1) is 18.7. The third kappa shape index (κ3) is 5.75. The molecule has 1 heterocycles. The van der Waals surface area contributed by atoms with Crippen LogP contribution in [0, 0.1) is 11.7 Å². The summed E-state index contributed by atoms with van der Waals surface area (Å²) in [4.78, 5) is 16.3. The first-order valence-corrected chi connectivity index (χ1v) is 8.90. The highest BCUT2D eigenvalue weighted by atomic mass is 19.1. The van der Waals surface area contributed by atoms with Gasteiger partial charge in [0.05, 0.1) is 0 Å². The maximum Gasteiger partial charge on any atom is 0.222 e. The van der Waals surface area contributed by atoms with Crippen LogP contribution in [0.2, 0.25) is 0 Å². The van der Waals surface area contributed by atoms with Gasteiger partial charge in [-0.2, -0.15) is 0 Å². The van der Waals surface area contributed by atoms with E-state index >= 15 is 0 Å². The Bertz CT molecular complexity index is 546. The Morgan fingerprint density at radius 1 is 1.46 bits per heavy atom. The van der Waals surface area contributed by atoms with Crippen LogP contribution in [-0.2, 0) is 11.2 Å². The van der Waals surface area contributed by atoms with Gasteiger partial charge in [-0.25, -0.2) is 4.39 Å². The van der Waals surface area contributed by atoms with Crippen LogP contribution in [0.15, 0.2) is 36.9 Å². The lowest BCUT2D eigenvalue weighted by Crippen LogP contribution is -2.42. The topological polar surface area (TPSA) is 23.6 Å². The number of hydrogen-bond acceptors (Lipinski definition) is 2. The predicted molar refractivity (Wildman–Crippen MR) is 96.3 cm³/mol. The second kappa shape index (κ2) is 9.58. The Labute approximate surface area is 145 Å². The Morgan fingerprint density at radius 3 is 3.00 bits per heavy atom. The van der Waals surface area contributed by atoms with E-state index in [0.717, 1.165) is 57.4 Å². The largest absolute Gasteiger partial charge is 0.345 e. The van der Waals surface area contributed by atoms with Gasteiger partial charge in [0, 0.05) is 33.1 Å². The lowest BCUT2D eigenvalue weighted by atomic mass is 9.97. The Kier molecular flexibility index (Phi) is 7.44. The minimum absolute atomic E-state index is 0.112. The van der Waals surface area contributed by atoms with Crippen LogP contribution >= 0.6 is 0 Å². The fourth-order valence-electron chi connectivity index (χ4n) is 3.39. The molecule has 1 aliphatic rings. The lowest BCUT2D eigenvalue weighted by molar-refractivity contribution is -0.130. The number of halogens is 1. The van der Waals surface area contributed by atoms with Gasteiger partial charge in [0.2, 0.25) is 5.91 Å². The molecule has 132 valence electrons. The van der Waals surface area contributed by atoms with E-state index in [0.29, 0.717) is 12.3 Å². The zero-order chi connectivity index (χ0) is 17.4. The third-order valence-corrected chi connectivity index (χ3v) is 4.78. The minimum Gasteiger partial charge on any atom is -0.345 e. The van der Waals surface area contributed by atoms with Gasteiger partial charge < -0.3 is 9.80 Å². The maximum atomic E-state index is 13.7. The smallest absolute Gasteiger partial charge is 0.222 e. The van der Waals surface area contributed by atoms with Crippen molar-refractivity contribution in [2.75, 3.05) is 33.2 Å². The monoisotopic (exact) mass is 332 g/mol. The average molecular weight is 332 g/mol. The number of amides is 1. The number of carbonyl (C=O) groups excluding carboxylic acids is 1. The molecule has 0 spiro atoms. The SMILES string of the molecule is C=CCCC(=O)N(C)C[C@H]1CCCN(CCc2ccccc2F)C1. The summed E-state index contributed by atoms with van der Waals surface area (Å²) in [5, 5.41) is 0. The highest BCUT2D eigenvalue weighted by molar-refractivity contribution is 5.75. The van der Waals surface area contributed by atoms with E-state index in [2.05, 4.69) is 11.5 Å². The van der Waals surface area contributed by atoms with Gasteiger partial charge in [-0.1, -0.05) is 24.3 Å². The van der Waals surface area contributed by atoms with E-state index in [4.69, 9.17) is 0 Å². The molecule has 2 rings (SSSR count). The van der Waals surface area contributed by atoms with Crippen molar-refractivity contribution in [2.24, 2.45) is 5.92 Å². The zero-order valence-corrected chi connectivity index (χ0v) is 14.7. The van der Waals surface area contributed by atoms with Crippen LogP contribution < -0.4 is 0 Å². The van der Waals surface area contributed by atoms with E-state index in [1.165, 1.54) is 6.07 Å². The van der Waals surface area contributed by atoms with Gasteiger partial charge in [-0.3, -0.25) is 4.79 Å². The van der Waals surface area contributed by atoms with E-state index in [1.807, 2.05) is 24.1 Å². The van der Waals surface area contributed by atoms with Crippen molar-refractivity contribution in [3.8, 4) is 0 Å². The van der Waals surface area contributed by atoms with Crippen LogP contribution in [0.25, 0.3) is 0 Å². The number of likely N-dealkylation sites (tertiary alicyclic amines) is 1. The molecule has 24 heavy (non-hydrogen) atoms. The number of rotatable bonds is 8. The summed E-state index contributed by atoms with van der Waals surface area (Å²) in [7, 11) is 1.89. The normalized spacial score (nSPS) is 18.3. The molecule has 0 aromatic heterocycles. The molecule has 3 nitrogen and oxygen atoms in total. The molecule has 1 saturated heterocycles. The van der Waals surface area contributed by atoms with Gasteiger partial charge in [0.25, 0.3) is 0 Å². The standard InChI is InChI=1S/C20H29FN2O/c1-3-4-11-20(24)22(2)15-17-8-7-13-23(16-17)14-12-18-9-5-6-10-19(18)21/h3,5-6,9-10,17H,1,4,7-8,11-16H2,2H3/t17-/m1/s1. The molecule has 1 fully saturated rings. The van der Waals surface area contributed by atoms with Gasteiger partial charge in [-0.05, 0) is 49.8 Å². The van der Waals surface area contributed by atoms with Crippen LogP contribution in [0.5, 0.6) is 0 Å². The van der Waals surface area contributed by atoms with Crippen molar-refractivity contribution in [1.82, 2.24) is 9.80 Å². The number of benzene rings is 1. The fourth-order valence-corrected chi connectivity index (χ4v) is 3.39. The van der Waals surface area contributed by atoms with E-state index in [1.54, 1.807) is 12.1 Å². The van der Waals surface area contributed by atoms with Crippen molar-refractivity contribution in [3.63, 3.8) is 0 Å². The molecule has 0 bridgehead atoms. The molecule has 1 atom stereocenters. The Hall–Kier alpha value is -1.68.